The first-order valence-electron chi connectivity index (χ1n) is 10.8. The Kier molecular flexibility index (Phi) is 6.88. The van der Waals surface area contributed by atoms with Gasteiger partial charge in [-0.3, -0.25) is 9.59 Å². The average molecular weight is 458 g/mol. The van der Waals surface area contributed by atoms with Crippen LogP contribution in [0.1, 0.15) is 33.6 Å². The fourth-order valence-electron chi connectivity index (χ4n) is 3.93. The molecule has 2 saturated heterocycles. The van der Waals surface area contributed by atoms with Gasteiger partial charge in [-0.05, 0) is 49.2 Å². The Morgan fingerprint density at radius 1 is 0.875 bits per heavy atom. The number of ether oxygens (including phenoxy) is 1. The van der Waals surface area contributed by atoms with Crippen molar-refractivity contribution in [2.45, 2.75) is 23.8 Å². The van der Waals surface area contributed by atoms with E-state index in [1.165, 1.54) is 24.3 Å². The van der Waals surface area contributed by atoms with E-state index in [-0.39, 0.29) is 29.4 Å². The Bertz CT molecular complexity index is 1040. The highest BCUT2D eigenvalue weighted by atomic mass is 32.2. The third-order valence-electron chi connectivity index (χ3n) is 5.81. The van der Waals surface area contributed by atoms with Gasteiger partial charge < -0.3 is 14.5 Å². The van der Waals surface area contributed by atoms with E-state index >= 15 is 0 Å². The maximum atomic E-state index is 12.8. The van der Waals surface area contributed by atoms with Crippen LogP contribution >= 0.6 is 0 Å². The fourth-order valence-corrected chi connectivity index (χ4v) is 4.99. The summed E-state index contributed by atoms with van der Waals surface area (Å²) in [4.78, 5) is 29.0. The molecule has 0 radical (unpaired) electrons. The van der Waals surface area contributed by atoms with Gasteiger partial charge in [0.25, 0.3) is 11.8 Å². The summed E-state index contributed by atoms with van der Waals surface area (Å²) in [5, 5.41) is 0. The van der Waals surface area contributed by atoms with Gasteiger partial charge in [-0.15, -0.1) is 0 Å². The van der Waals surface area contributed by atoms with E-state index in [2.05, 4.69) is 4.72 Å². The van der Waals surface area contributed by atoms with E-state index in [1.54, 1.807) is 21.9 Å². The largest absolute Gasteiger partial charge is 0.377 e. The first kappa shape index (κ1) is 22.4. The molecule has 2 heterocycles. The number of rotatable bonds is 6. The molecule has 0 unspecified atom stereocenters. The van der Waals surface area contributed by atoms with Gasteiger partial charge in [0.15, 0.2) is 0 Å². The molecule has 2 aromatic rings. The van der Waals surface area contributed by atoms with E-state index in [4.69, 9.17) is 4.74 Å². The van der Waals surface area contributed by atoms with Crippen LogP contribution in [0.2, 0.25) is 0 Å². The number of piperazine rings is 1. The molecule has 0 spiro atoms. The van der Waals surface area contributed by atoms with Gasteiger partial charge in [0.2, 0.25) is 10.0 Å². The fraction of sp³-hybridized carbons (Fsp3) is 0.391. The van der Waals surface area contributed by atoms with Gasteiger partial charge in [-0.1, -0.05) is 18.2 Å². The Hall–Kier alpha value is -2.75. The molecule has 2 fully saturated rings. The summed E-state index contributed by atoms with van der Waals surface area (Å²) in [7, 11) is -3.66. The molecule has 2 amide bonds. The molecule has 2 aliphatic heterocycles. The summed E-state index contributed by atoms with van der Waals surface area (Å²) in [6.45, 7) is 2.69. The molecule has 2 aromatic carbocycles. The monoisotopic (exact) mass is 457 g/mol. The van der Waals surface area contributed by atoms with Crippen molar-refractivity contribution >= 4 is 21.8 Å². The maximum absolute atomic E-state index is 12.8. The quantitative estimate of drug-likeness (QED) is 0.713. The number of carbonyl (C=O) groups is 2. The molecule has 0 saturated carbocycles. The predicted molar refractivity (Wildman–Crippen MR) is 119 cm³/mol. The zero-order valence-corrected chi connectivity index (χ0v) is 18.6. The van der Waals surface area contributed by atoms with Crippen LogP contribution in [0, 0.1) is 0 Å². The van der Waals surface area contributed by atoms with Crippen LogP contribution in [0.15, 0.2) is 59.5 Å². The molecule has 0 aliphatic carbocycles. The van der Waals surface area contributed by atoms with Crippen molar-refractivity contribution in [3.8, 4) is 0 Å². The lowest BCUT2D eigenvalue weighted by molar-refractivity contribution is 0.0535. The molecule has 170 valence electrons. The van der Waals surface area contributed by atoms with Crippen molar-refractivity contribution in [1.82, 2.24) is 14.5 Å². The number of sulfonamides is 1. The molecule has 2 aliphatic rings. The minimum Gasteiger partial charge on any atom is -0.377 e. The molecule has 1 N–H and O–H groups in total. The highest BCUT2D eigenvalue weighted by molar-refractivity contribution is 7.89. The Labute approximate surface area is 188 Å². The normalized spacial score (nSPS) is 19.2. The van der Waals surface area contributed by atoms with Crippen LogP contribution in [-0.2, 0) is 14.8 Å². The summed E-state index contributed by atoms with van der Waals surface area (Å²) >= 11 is 0. The van der Waals surface area contributed by atoms with Crippen molar-refractivity contribution < 1.29 is 22.7 Å². The third-order valence-corrected chi connectivity index (χ3v) is 7.25. The van der Waals surface area contributed by atoms with Gasteiger partial charge in [0, 0.05) is 50.5 Å². The minimum absolute atomic E-state index is 0.0391. The smallest absolute Gasteiger partial charge is 0.253 e. The highest BCUT2D eigenvalue weighted by Gasteiger charge is 2.26. The van der Waals surface area contributed by atoms with Crippen molar-refractivity contribution in [2.24, 2.45) is 0 Å². The average Bonchev–Trinajstić information content (AvgIpc) is 3.37. The van der Waals surface area contributed by atoms with E-state index in [0.717, 1.165) is 12.8 Å². The van der Waals surface area contributed by atoms with Crippen molar-refractivity contribution in [3.63, 3.8) is 0 Å². The SMILES string of the molecule is O=C(c1ccccc1)N1CCN(C(=O)c2ccc(S(=O)(=O)NC[C@@H]3CCCO3)cc2)CC1. The molecule has 32 heavy (non-hydrogen) atoms. The second kappa shape index (κ2) is 9.81. The summed E-state index contributed by atoms with van der Waals surface area (Å²) in [6, 6.07) is 15.0. The maximum Gasteiger partial charge on any atom is 0.253 e. The lowest BCUT2D eigenvalue weighted by Gasteiger charge is -2.35. The van der Waals surface area contributed by atoms with Crippen molar-refractivity contribution in [1.29, 1.82) is 0 Å². The van der Waals surface area contributed by atoms with Crippen LogP contribution in [0.5, 0.6) is 0 Å². The highest BCUT2D eigenvalue weighted by Crippen LogP contribution is 2.16. The number of carbonyl (C=O) groups excluding carboxylic acids is 2. The van der Waals surface area contributed by atoms with Gasteiger partial charge >= 0.3 is 0 Å². The summed E-state index contributed by atoms with van der Waals surface area (Å²) < 4.78 is 33.0. The number of hydrogen-bond acceptors (Lipinski definition) is 5. The summed E-state index contributed by atoms with van der Waals surface area (Å²) in [5.41, 5.74) is 1.06. The minimum atomic E-state index is -3.66. The Morgan fingerprint density at radius 2 is 1.44 bits per heavy atom. The van der Waals surface area contributed by atoms with Gasteiger partial charge in [0.1, 0.15) is 0 Å². The van der Waals surface area contributed by atoms with Gasteiger partial charge in [0.05, 0.1) is 11.0 Å². The molecular formula is C23H27N3O5S. The molecular weight excluding hydrogens is 430 g/mol. The third kappa shape index (κ3) is 5.17. The molecule has 8 nitrogen and oxygen atoms in total. The van der Waals surface area contributed by atoms with Crippen LogP contribution in [0.4, 0.5) is 0 Å². The molecule has 0 aromatic heterocycles. The first-order valence-corrected chi connectivity index (χ1v) is 12.3. The Balaban J connectivity index is 1.32. The second-order valence-corrected chi connectivity index (χ2v) is 9.73. The van der Waals surface area contributed by atoms with E-state index in [9.17, 15) is 18.0 Å². The number of hydrogen-bond donors (Lipinski definition) is 1. The van der Waals surface area contributed by atoms with Gasteiger partial charge in [-0.25, -0.2) is 13.1 Å². The second-order valence-electron chi connectivity index (χ2n) is 7.96. The predicted octanol–water partition coefficient (Wildman–Crippen LogP) is 1.74. The molecule has 0 bridgehead atoms. The van der Waals surface area contributed by atoms with E-state index < -0.39 is 10.0 Å². The van der Waals surface area contributed by atoms with Crippen LogP contribution in [-0.4, -0.2) is 75.5 Å². The molecule has 9 heteroatoms. The Morgan fingerprint density at radius 3 is 1.97 bits per heavy atom. The lowest BCUT2D eigenvalue weighted by atomic mass is 10.1. The standard InChI is InChI=1S/C23H27N3O5S/c27-22(18-5-2-1-3-6-18)25-12-14-26(15-13-25)23(28)19-8-10-21(11-9-19)32(29,30)24-17-20-7-4-16-31-20/h1-3,5-6,8-11,20,24H,4,7,12-17H2/t20-/m0/s1. The number of amides is 2. The topological polar surface area (TPSA) is 96.0 Å². The molecule has 1 atom stereocenters. The van der Waals surface area contributed by atoms with Crippen LogP contribution in [0.3, 0.4) is 0 Å². The van der Waals surface area contributed by atoms with Crippen LogP contribution in [0.25, 0.3) is 0 Å². The van der Waals surface area contributed by atoms with E-state index in [0.29, 0.717) is 43.9 Å². The van der Waals surface area contributed by atoms with E-state index in [1.807, 2.05) is 18.2 Å². The van der Waals surface area contributed by atoms with Crippen molar-refractivity contribution in [2.75, 3.05) is 39.3 Å². The van der Waals surface area contributed by atoms with Crippen LogP contribution < -0.4 is 4.72 Å². The number of benzene rings is 2. The van der Waals surface area contributed by atoms with Gasteiger partial charge in [-0.2, -0.15) is 0 Å². The lowest BCUT2D eigenvalue weighted by Crippen LogP contribution is -2.50. The zero-order valence-electron chi connectivity index (χ0n) is 17.8. The zero-order chi connectivity index (χ0) is 22.6. The first-order chi connectivity index (χ1) is 15.4. The molecule has 4 rings (SSSR count). The summed E-state index contributed by atoms with van der Waals surface area (Å²) in [6.07, 6.45) is 1.70. The summed E-state index contributed by atoms with van der Waals surface area (Å²) in [5.74, 6) is -0.212. The van der Waals surface area contributed by atoms with Crippen molar-refractivity contribution in [3.05, 3.63) is 65.7 Å². The number of nitrogens with zero attached hydrogens (tertiary/aromatic N) is 2. The number of nitrogens with one attached hydrogen (secondary N) is 1.